The van der Waals surface area contributed by atoms with Gasteiger partial charge in [0.1, 0.15) is 6.33 Å². The van der Waals surface area contributed by atoms with Crippen LogP contribution < -0.4 is 11.4 Å². The van der Waals surface area contributed by atoms with Crippen molar-refractivity contribution in [1.82, 2.24) is 14.8 Å². The van der Waals surface area contributed by atoms with Crippen LogP contribution in [-0.4, -0.2) is 14.8 Å². The lowest BCUT2D eigenvalue weighted by atomic mass is 10.2. The predicted molar refractivity (Wildman–Crippen MR) is 58.3 cm³/mol. The number of H-pyrrole nitrogens is 1. The van der Waals surface area contributed by atoms with Gasteiger partial charge < -0.3 is 5.73 Å². The van der Waals surface area contributed by atoms with Crippen molar-refractivity contribution in [2.24, 2.45) is 0 Å². The van der Waals surface area contributed by atoms with Crippen molar-refractivity contribution in [2.45, 2.75) is 6.92 Å². The van der Waals surface area contributed by atoms with Crippen LogP contribution in [-0.2, 0) is 0 Å². The van der Waals surface area contributed by atoms with E-state index in [9.17, 15) is 4.79 Å². The highest BCUT2D eigenvalue weighted by Crippen LogP contribution is 2.24. The fourth-order valence-electron chi connectivity index (χ4n) is 1.37. The molecule has 1 aromatic carbocycles. The smallest absolute Gasteiger partial charge is 0.347 e. The molecule has 6 heteroatoms. The minimum Gasteiger partial charge on any atom is -0.398 e. The summed E-state index contributed by atoms with van der Waals surface area (Å²) >= 11 is 5.88. The molecule has 0 fully saturated rings. The number of nitrogens with zero attached hydrogens (tertiary/aromatic N) is 2. The van der Waals surface area contributed by atoms with E-state index in [2.05, 4.69) is 10.2 Å². The van der Waals surface area contributed by atoms with Crippen LogP contribution in [0.25, 0.3) is 5.69 Å². The minimum atomic E-state index is -0.307. The molecule has 0 saturated carbocycles. The Bertz CT molecular complexity index is 557. The van der Waals surface area contributed by atoms with Crippen LogP contribution in [0.3, 0.4) is 0 Å². The van der Waals surface area contributed by atoms with E-state index in [1.807, 2.05) is 6.92 Å². The summed E-state index contributed by atoms with van der Waals surface area (Å²) in [6.45, 7) is 1.85. The van der Waals surface area contributed by atoms with Gasteiger partial charge in [-0.15, -0.1) is 0 Å². The summed E-state index contributed by atoms with van der Waals surface area (Å²) < 4.78 is 1.38. The average molecular weight is 225 g/mol. The van der Waals surface area contributed by atoms with E-state index in [1.165, 1.54) is 10.9 Å². The Morgan fingerprint density at radius 2 is 2.27 bits per heavy atom. The lowest BCUT2D eigenvalue weighted by Crippen LogP contribution is -2.15. The SMILES string of the molecule is Cc1cc(N)c(Cl)cc1-n1cn[nH]c1=O. The number of aromatic nitrogens is 3. The van der Waals surface area contributed by atoms with Crippen molar-refractivity contribution in [2.75, 3.05) is 5.73 Å². The number of hydrogen-bond donors (Lipinski definition) is 2. The Kier molecular flexibility index (Phi) is 2.24. The maximum Gasteiger partial charge on any atom is 0.347 e. The average Bonchev–Trinajstić information content (AvgIpc) is 2.58. The van der Waals surface area contributed by atoms with E-state index in [4.69, 9.17) is 17.3 Å². The monoisotopic (exact) mass is 224 g/mol. The first-order valence-electron chi connectivity index (χ1n) is 4.27. The molecule has 0 amide bonds. The zero-order chi connectivity index (χ0) is 11.0. The predicted octanol–water partition coefficient (Wildman–Crippen LogP) is 1.10. The zero-order valence-electron chi connectivity index (χ0n) is 7.99. The second kappa shape index (κ2) is 3.43. The van der Waals surface area contributed by atoms with Gasteiger partial charge >= 0.3 is 5.69 Å². The molecule has 3 N–H and O–H groups in total. The normalized spacial score (nSPS) is 10.5. The zero-order valence-corrected chi connectivity index (χ0v) is 8.75. The van der Waals surface area contributed by atoms with Gasteiger partial charge in [0.05, 0.1) is 16.4 Å². The summed E-state index contributed by atoms with van der Waals surface area (Å²) in [4.78, 5) is 11.3. The van der Waals surface area contributed by atoms with E-state index in [0.717, 1.165) is 5.56 Å². The molecule has 0 saturated heterocycles. The summed E-state index contributed by atoms with van der Waals surface area (Å²) in [7, 11) is 0. The first-order valence-corrected chi connectivity index (χ1v) is 4.65. The van der Waals surface area contributed by atoms with Crippen LogP contribution in [0.2, 0.25) is 5.02 Å². The maximum absolute atomic E-state index is 11.3. The summed E-state index contributed by atoms with van der Waals surface area (Å²) in [5, 5.41) is 6.37. The molecule has 1 aromatic heterocycles. The molecular formula is C9H9ClN4O. The van der Waals surface area contributed by atoms with Gasteiger partial charge in [-0.3, -0.25) is 0 Å². The second-order valence-electron chi connectivity index (χ2n) is 3.19. The van der Waals surface area contributed by atoms with Crippen LogP contribution in [0, 0.1) is 6.92 Å². The fraction of sp³-hybridized carbons (Fsp3) is 0.111. The molecule has 1 heterocycles. The maximum atomic E-state index is 11.3. The van der Waals surface area contributed by atoms with E-state index >= 15 is 0 Å². The van der Waals surface area contributed by atoms with E-state index in [0.29, 0.717) is 16.4 Å². The highest BCUT2D eigenvalue weighted by atomic mass is 35.5. The van der Waals surface area contributed by atoms with Gasteiger partial charge in [0.2, 0.25) is 0 Å². The van der Waals surface area contributed by atoms with Crippen molar-refractivity contribution < 1.29 is 0 Å². The van der Waals surface area contributed by atoms with E-state index in [-0.39, 0.29) is 5.69 Å². The molecule has 15 heavy (non-hydrogen) atoms. The Balaban J connectivity index is 2.69. The van der Waals surface area contributed by atoms with Crippen LogP contribution in [0.15, 0.2) is 23.3 Å². The number of aromatic amines is 1. The van der Waals surface area contributed by atoms with Crippen molar-refractivity contribution in [3.05, 3.63) is 39.5 Å². The number of aryl methyl sites for hydroxylation is 1. The number of nitrogen functional groups attached to an aromatic ring is 1. The van der Waals surface area contributed by atoms with Crippen molar-refractivity contribution in [1.29, 1.82) is 0 Å². The minimum absolute atomic E-state index is 0.307. The first kappa shape index (κ1) is 9.79. The van der Waals surface area contributed by atoms with E-state index in [1.54, 1.807) is 12.1 Å². The molecule has 0 spiro atoms. The van der Waals surface area contributed by atoms with Gasteiger partial charge in [-0.1, -0.05) is 11.6 Å². The van der Waals surface area contributed by atoms with Crippen LogP contribution in [0.4, 0.5) is 5.69 Å². The van der Waals surface area contributed by atoms with Crippen LogP contribution >= 0.6 is 11.6 Å². The number of hydrogen-bond acceptors (Lipinski definition) is 3. The number of rotatable bonds is 1. The molecule has 0 bridgehead atoms. The van der Waals surface area contributed by atoms with Gasteiger partial charge in [0.25, 0.3) is 0 Å². The number of nitrogens with two attached hydrogens (primary N) is 1. The number of benzene rings is 1. The summed E-state index contributed by atoms with van der Waals surface area (Å²) in [6.07, 6.45) is 1.40. The Labute approximate surface area is 90.5 Å². The lowest BCUT2D eigenvalue weighted by Gasteiger charge is -2.07. The summed E-state index contributed by atoms with van der Waals surface area (Å²) in [5.74, 6) is 0. The Morgan fingerprint density at radius 1 is 1.53 bits per heavy atom. The molecule has 0 aliphatic carbocycles. The highest BCUT2D eigenvalue weighted by Gasteiger charge is 2.07. The quantitative estimate of drug-likeness (QED) is 0.713. The third-order valence-electron chi connectivity index (χ3n) is 2.13. The van der Waals surface area contributed by atoms with Crippen molar-refractivity contribution >= 4 is 17.3 Å². The summed E-state index contributed by atoms with van der Waals surface area (Å²) in [5.41, 5.74) is 7.36. The van der Waals surface area contributed by atoms with Gasteiger partial charge in [0, 0.05) is 0 Å². The van der Waals surface area contributed by atoms with Crippen molar-refractivity contribution in [3.8, 4) is 5.69 Å². The number of halogens is 1. The van der Waals surface area contributed by atoms with Crippen LogP contribution in [0.1, 0.15) is 5.56 Å². The second-order valence-corrected chi connectivity index (χ2v) is 3.60. The molecular weight excluding hydrogens is 216 g/mol. The first-order chi connectivity index (χ1) is 7.09. The van der Waals surface area contributed by atoms with Crippen molar-refractivity contribution in [3.63, 3.8) is 0 Å². The summed E-state index contributed by atoms with van der Waals surface area (Å²) in [6, 6.07) is 3.36. The van der Waals surface area contributed by atoms with Gasteiger partial charge in [-0.2, -0.15) is 5.10 Å². The molecule has 0 unspecified atom stereocenters. The molecule has 0 aliphatic rings. The van der Waals surface area contributed by atoms with E-state index < -0.39 is 0 Å². The molecule has 2 rings (SSSR count). The Morgan fingerprint density at radius 3 is 2.87 bits per heavy atom. The number of anilines is 1. The van der Waals surface area contributed by atoms with Gasteiger partial charge in [-0.25, -0.2) is 14.5 Å². The largest absolute Gasteiger partial charge is 0.398 e. The van der Waals surface area contributed by atoms with Gasteiger partial charge in [-0.05, 0) is 24.6 Å². The number of nitrogens with one attached hydrogen (secondary N) is 1. The fourth-order valence-corrected chi connectivity index (χ4v) is 1.53. The molecule has 0 atom stereocenters. The lowest BCUT2D eigenvalue weighted by molar-refractivity contribution is 0.973. The topological polar surface area (TPSA) is 76.7 Å². The molecule has 5 nitrogen and oxygen atoms in total. The molecule has 0 aliphatic heterocycles. The van der Waals surface area contributed by atoms with Crippen LogP contribution in [0.5, 0.6) is 0 Å². The Hall–Kier alpha value is -1.75. The molecule has 0 radical (unpaired) electrons. The van der Waals surface area contributed by atoms with Gasteiger partial charge in [0.15, 0.2) is 0 Å². The third-order valence-corrected chi connectivity index (χ3v) is 2.45. The third kappa shape index (κ3) is 1.61. The molecule has 2 aromatic rings. The standard InChI is InChI=1S/C9H9ClN4O/c1-5-2-7(11)6(10)3-8(5)14-4-12-13-9(14)15/h2-4H,11H2,1H3,(H,13,15). The molecule has 78 valence electrons. The highest BCUT2D eigenvalue weighted by molar-refractivity contribution is 6.33.